The van der Waals surface area contributed by atoms with Crippen molar-refractivity contribution >= 4 is 34.6 Å². The third-order valence-corrected chi connectivity index (χ3v) is 4.33. The van der Waals surface area contributed by atoms with Crippen LogP contribution in [0.2, 0.25) is 0 Å². The van der Waals surface area contributed by atoms with Crippen LogP contribution in [0, 0.1) is 30.3 Å². The number of carbonyl (C=O) groups is 1. The number of Topliss-reactive ketones (excluding diaryl/α,β-unsaturated/α-hetero) is 1. The zero-order chi connectivity index (χ0) is 21.4. The first-order chi connectivity index (χ1) is 13.0. The highest BCUT2D eigenvalue weighted by Gasteiger charge is 2.30. The van der Waals surface area contributed by atoms with Crippen LogP contribution in [0.4, 0.5) is 17.1 Å². The lowest BCUT2D eigenvalue weighted by Crippen LogP contribution is -2.07. The minimum atomic E-state index is -1.21. The van der Waals surface area contributed by atoms with Crippen molar-refractivity contribution in [2.45, 2.75) is 24.1 Å². The van der Waals surface area contributed by atoms with Gasteiger partial charge in [0.2, 0.25) is 0 Å². The Bertz CT molecular complexity index is 871. The van der Waals surface area contributed by atoms with Crippen molar-refractivity contribution in [1.29, 1.82) is 0 Å². The van der Waals surface area contributed by atoms with Gasteiger partial charge in [0.1, 0.15) is 5.78 Å². The first-order valence-corrected chi connectivity index (χ1v) is 8.30. The summed E-state index contributed by atoms with van der Waals surface area (Å²) in [5, 5.41) is 41.1. The van der Waals surface area contributed by atoms with Crippen molar-refractivity contribution in [1.82, 2.24) is 4.98 Å². The summed E-state index contributed by atoms with van der Waals surface area (Å²) in [4.78, 5) is 42.8. The molecule has 2 rings (SSSR count). The minimum absolute atomic E-state index is 0.0000926. The molecule has 1 N–H and O–H groups in total. The first kappa shape index (κ1) is 22.4. The average Bonchev–Trinajstić information content (AvgIpc) is 2.62. The Balaban J connectivity index is 0.000000292. The Morgan fingerprint density at radius 2 is 1.61 bits per heavy atom. The quantitative estimate of drug-likeness (QED) is 0.421. The summed E-state index contributed by atoms with van der Waals surface area (Å²) in [5.41, 5.74) is -3.00. The molecule has 148 valence electrons. The second-order valence-electron chi connectivity index (χ2n) is 5.14. The van der Waals surface area contributed by atoms with Crippen molar-refractivity contribution in [2.75, 3.05) is 0 Å². The molecule has 0 saturated heterocycles. The van der Waals surface area contributed by atoms with Crippen molar-refractivity contribution in [2.24, 2.45) is 0 Å². The van der Waals surface area contributed by atoms with E-state index in [2.05, 4.69) is 4.98 Å². The number of aromatic hydroxyl groups is 1. The lowest BCUT2D eigenvalue weighted by atomic mass is 10.2. The van der Waals surface area contributed by atoms with Gasteiger partial charge in [-0.05, 0) is 26.0 Å². The van der Waals surface area contributed by atoms with E-state index in [1.54, 1.807) is 13.1 Å². The smallest absolute Gasteiger partial charge is 0.324 e. The largest absolute Gasteiger partial charge is 0.497 e. The van der Waals surface area contributed by atoms with Gasteiger partial charge in [-0.25, -0.2) is 4.98 Å². The van der Waals surface area contributed by atoms with E-state index in [1.807, 2.05) is 25.1 Å². The van der Waals surface area contributed by atoms with E-state index in [9.17, 15) is 35.1 Å². The predicted octanol–water partition coefficient (Wildman–Crippen LogP) is 3.27. The number of nitro groups is 3. The molecular weight excluding hydrogens is 396 g/mol. The fourth-order valence-corrected chi connectivity index (χ4v) is 2.46. The fourth-order valence-electron chi connectivity index (χ4n) is 1.65. The molecule has 0 aliphatic rings. The molecule has 28 heavy (non-hydrogen) atoms. The van der Waals surface area contributed by atoms with Gasteiger partial charge in [-0.2, -0.15) is 0 Å². The second kappa shape index (κ2) is 9.91. The summed E-state index contributed by atoms with van der Waals surface area (Å²) in [6.07, 6.45) is 1.73. The Labute approximate surface area is 161 Å². The maximum atomic E-state index is 10.9. The summed E-state index contributed by atoms with van der Waals surface area (Å²) in [6.45, 7) is 3.49. The number of rotatable bonds is 6. The predicted molar refractivity (Wildman–Crippen MR) is 98.3 cm³/mol. The van der Waals surface area contributed by atoms with Crippen LogP contribution < -0.4 is 0 Å². The van der Waals surface area contributed by atoms with Crippen LogP contribution in [0.15, 0.2) is 41.6 Å². The molecule has 1 aromatic heterocycles. The molecule has 0 aliphatic carbocycles. The van der Waals surface area contributed by atoms with Gasteiger partial charge in [0.25, 0.3) is 11.4 Å². The molecule has 0 aliphatic heterocycles. The second-order valence-corrected chi connectivity index (χ2v) is 6.50. The Morgan fingerprint density at radius 1 is 1.07 bits per heavy atom. The van der Waals surface area contributed by atoms with Crippen LogP contribution in [0.1, 0.15) is 13.8 Å². The SMILES string of the molecule is CC(=O)C(C)Sc1ccccn1.O=[N+]([O-])c1cc([N+](=O)[O-])c(O)c([N+](=O)[O-])c1. The van der Waals surface area contributed by atoms with Gasteiger partial charge in [0.15, 0.2) is 0 Å². The Hall–Kier alpha value is -3.61. The van der Waals surface area contributed by atoms with Gasteiger partial charge in [-0.1, -0.05) is 17.8 Å². The summed E-state index contributed by atoms with van der Waals surface area (Å²) < 4.78 is 0. The molecule has 0 amide bonds. The molecule has 0 bridgehead atoms. The van der Waals surface area contributed by atoms with Crippen LogP contribution >= 0.6 is 11.8 Å². The van der Waals surface area contributed by atoms with Crippen molar-refractivity contribution in [3.05, 3.63) is 66.9 Å². The van der Waals surface area contributed by atoms with Gasteiger partial charge < -0.3 is 5.11 Å². The highest BCUT2D eigenvalue weighted by atomic mass is 32.2. The zero-order valence-corrected chi connectivity index (χ0v) is 15.4. The monoisotopic (exact) mass is 410 g/mol. The van der Waals surface area contributed by atoms with Gasteiger partial charge in [0, 0.05) is 6.20 Å². The maximum Gasteiger partial charge on any atom is 0.324 e. The van der Waals surface area contributed by atoms with E-state index in [4.69, 9.17) is 5.11 Å². The van der Waals surface area contributed by atoms with Crippen LogP contribution in [-0.2, 0) is 4.79 Å². The maximum absolute atomic E-state index is 10.9. The van der Waals surface area contributed by atoms with Crippen LogP contribution in [0.5, 0.6) is 5.75 Å². The van der Waals surface area contributed by atoms with Gasteiger partial charge in [0.05, 0.1) is 37.2 Å². The molecule has 1 heterocycles. The molecule has 0 radical (unpaired) electrons. The third kappa shape index (κ3) is 6.28. The highest BCUT2D eigenvalue weighted by molar-refractivity contribution is 8.00. The summed E-state index contributed by atoms with van der Waals surface area (Å²) in [7, 11) is 0. The zero-order valence-electron chi connectivity index (χ0n) is 14.5. The van der Waals surface area contributed by atoms with E-state index >= 15 is 0 Å². The number of benzene rings is 1. The molecule has 0 saturated carbocycles. The number of phenols is 1. The Morgan fingerprint density at radius 3 is 1.96 bits per heavy atom. The van der Waals surface area contributed by atoms with Crippen molar-refractivity contribution < 1.29 is 24.7 Å². The average molecular weight is 410 g/mol. The molecule has 2 aromatic rings. The summed E-state index contributed by atoms with van der Waals surface area (Å²) in [5.74, 6) is -1.02. The molecule has 12 nitrogen and oxygen atoms in total. The number of ketones is 1. The van der Waals surface area contributed by atoms with E-state index in [0.717, 1.165) is 5.03 Å². The number of thioether (sulfide) groups is 1. The van der Waals surface area contributed by atoms with Crippen LogP contribution in [0.3, 0.4) is 0 Å². The molecule has 0 fully saturated rings. The summed E-state index contributed by atoms with van der Waals surface area (Å²) >= 11 is 1.49. The van der Waals surface area contributed by atoms with Crippen LogP contribution in [-0.4, -0.2) is 35.9 Å². The van der Waals surface area contributed by atoms with Crippen LogP contribution in [0.25, 0.3) is 0 Å². The first-order valence-electron chi connectivity index (χ1n) is 7.43. The standard InChI is InChI=1S/C9H11NOS.C6H3N3O7/c1-7(11)8(2)12-9-5-3-4-6-10-9;10-6-4(8(13)14)1-3(7(11)12)2-5(6)9(15)16/h3-6,8H,1-2H3;1-2,10H. The lowest BCUT2D eigenvalue weighted by Gasteiger charge is -2.04. The normalized spacial score (nSPS) is 10.9. The number of hydrogen-bond donors (Lipinski definition) is 1. The molecular formula is C15H14N4O8S. The molecule has 1 atom stereocenters. The van der Waals surface area contributed by atoms with Crippen molar-refractivity contribution in [3.8, 4) is 5.75 Å². The van der Waals surface area contributed by atoms with Gasteiger partial charge in [-0.15, -0.1) is 0 Å². The number of nitrogens with zero attached hydrogens (tertiary/aromatic N) is 4. The fraction of sp³-hybridized carbons (Fsp3) is 0.200. The lowest BCUT2D eigenvalue weighted by molar-refractivity contribution is -0.404. The Kier molecular flexibility index (Phi) is 7.94. The number of pyridine rings is 1. The van der Waals surface area contributed by atoms with E-state index in [0.29, 0.717) is 12.1 Å². The number of non-ortho nitro benzene ring substituents is 1. The minimum Gasteiger partial charge on any atom is -0.497 e. The molecule has 13 heteroatoms. The van der Waals surface area contributed by atoms with E-state index in [1.165, 1.54) is 11.8 Å². The molecule has 1 aromatic carbocycles. The van der Waals surface area contributed by atoms with E-state index < -0.39 is 37.6 Å². The van der Waals surface area contributed by atoms with Crippen molar-refractivity contribution in [3.63, 3.8) is 0 Å². The third-order valence-electron chi connectivity index (χ3n) is 3.17. The summed E-state index contributed by atoms with van der Waals surface area (Å²) in [6, 6.07) is 6.58. The number of hydrogen-bond acceptors (Lipinski definition) is 10. The number of carbonyl (C=O) groups excluding carboxylic acids is 1. The topological polar surface area (TPSA) is 180 Å². The highest BCUT2D eigenvalue weighted by Crippen LogP contribution is 2.38. The number of nitro benzene ring substituents is 3. The molecule has 1 unspecified atom stereocenters. The molecule has 0 spiro atoms. The number of phenolic OH excluding ortho intramolecular Hbond substituents is 1. The van der Waals surface area contributed by atoms with E-state index in [-0.39, 0.29) is 11.0 Å². The van der Waals surface area contributed by atoms with Gasteiger partial charge in [-0.3, -0.25) is 35.1 Å². The number of aromatic nitrogens is 1. The van der Waals surface area contributed by atoms with Gasteiger partial charge >= 0.3 is 11.4 Å².